The SMILES string of the molecule is C=C(/C=C\C(C#N)=C/N)NC(C)C1CN(C(=O)N(C)CCC)CC1c1ccc(Cl)c(Cl)c1. The van der Waals surface area contributed by atoms with Crippen LogP contribution in [0.5, 0.6) is 0 Å². The van der Waals surface area contributed by atoms with Crippen LogP contribution in [0.3, 0.4) is 0 Å². The number of nitriles is 1. The average molecular weight is 476 g/mol. The number of nitrogens with one attached hydrogen (secondary N) is 1. The predicted molar refractivity (Wildman–Crippen MR) is 131 cm³/mol. The zero-order valence-corrected chi connectivity index (χ0v) is 20.3. The van der Waals surface area contributed by atoms with Gasteiger partial charge in [-0.25, -0.2) is 4.79 Å². The summed E-state index contributed by atoms with van der Waals surface area (Å²) >= 11 is 12.4. The van der Waals surface area contributed by atoms with Crippen LogP contribution in [0.1, 0.15) is 31.7 Å². The Bertz CT molecular complexity index is 937. The number of hydrogen-bond acceptors (Lipinski definition) is 4. The van der Waals surface area contributed by atoms with E-state index in [1.165, 1.54) is 6.20 Å². The lowest BCUT2D eigenvalue weighted by atomic mass is 9.84. The van der Waals surface area contributed by atoms with Gasteiger partial charge in [0.05, 0.1) is 15.6 Å². The average Bonchev–Trinajstić information content (AvgIpc) is 3.21. The summed E-state index contributed by atoms with van der Waals surface area (Å²) in [4.78, 5) is 16.6. The molecule has 32 heavy (non-hydrogen) atoms. The molecule has 0 radical (unpaired) electrons. The van der Waals surface area contributed by atoms with Gasteiger partial charge in [-0.05, 0) is 43.2 Å². The molecule has 3 atom stereocenters. The van der Waals surface area contributed by atoms with Crippen LogP contribution in [0.25, 0.3) is 0 Å². The Balaban J connectivity index is 2.24. The van der Waals surface area contributed by atoms with Crippen molar-refractivity contribution in [3.63, 3.8) is 0 Å². The summed E-state index contributed by atoms with van der Waals surface area (Å²) < 4.78 is 0. The molecular formula is C24H31Cl2N5O. The molecule has 2 amide bonds. The molecule has 0 spiro atoms. The van der Waals surface area contributed by atoms with E-state index in [-0.39, 0.29) is 23.9 Å². The molecule has 0 bridgehead atoms. The third-order valence-electron chi connectivity index (χ3n) is 5.72. The number of halogens is 2. The lowest BCUT2D eigenvalue weighted by Crippen LogP contribution is -2.41. The van der Waals surface area contributed by atoms with Gasteiger partial charge in [0.1, 0.15) is 6.07 Å². The van der Waals surface area contributed by atoms with Gasteiger partial charge in [-0.15, -0.1) is 0 Å². The van der Waals surface area contributed by atoms with Crippen molar-refractivity contribution >= 4 is 29.2 Å². The predicted octanol–water partition coefficient (Wildman–Crippen LogP) is 4.88. The molecule has 1 aliphatic rings. The second-order valence-electron chi connectivity index (χ2n) is 8.08. The van der Waals surface area contributed by atoms with Crippen LogP contribution in [-0.4, -0.2) is 48.6 Å². The van der Waals surface area contributed by atoms with Gasteiger partial charge in [-0.2, -0.15) is 5.26 Å². The quantitative estimate of drug-likeness (QED) is 0.414. The van der Waals surface area contributed by atoms with E-state index >= 15 is 0 Å². The smallest absolute Gasteiger partial charge is 0.319 e. The van der Waals surface area contributed by atoms with Gasteiger partial charge in [-0.3, -0.25) is 0 Å². The second kappa shape index (κ2) is 11.8. The Kier molecular flexibility index (Phi) is 9.49. The molecule has 1 fully saturated rings. The first-order valence-electron chi connectivity index (χ1n) is 10.6. The Labute approximate surface area is 200 Å². The molecule has 0 saturated carbocycles. The van der Waals surface area contributed by atoms with Crippen molar-refractivity contribution in [2.45, 2.75) is 32.2 Å². The van der Waals surface area contributed by atoms with E-state index in [0.717, 1.165) is 12.0 Å². The highest BCUT2D eigenvalue weighted by molar-refractivity contribution is 6.42. The summed E-state index contributed by atoms with van der Waals surface area (Å²) in [7, 11) is 1.83. The first-order valence-corrected chi connectivity index (χ1v) is 11.4. The Hall–Kier alpha value is -2.62. The van der Waals surface area contributed by atoms with Crippen LogP contribution >= 0.6 is 23.2 Å². The van der Waals surface area contributed by atoms with Gasteiger partial charge in [0.15, 0.2) is 0 Å². The summed E-state index contributed by atoms with van der Waals surface area (Å²) in [5, 5.41) is 13.4. The highest BCUT2D eigenvalue weighted by Gasteiger charge is 2.40. The summed E-state index contributed by atoms with van der Waals surface area (Å²) in [5.41, 5.74) is 7.48. The first kappa shape index (κ1) is 25.6. The number of hydrogen-bond donors (Lipinski definition) is 2. The van der Waals surface area contributed by atoms with E-state index < -0.39 is 0 Å². The van der Waals surface area contributed by atoms with E-state index in [4.69, 9.17) is 34.2 Å². The number of nitrogens with zero attached hydrogens (tertiary/aromatic N) is 3. The number of amides is 2. The van der Waals surface area contributed by atoms with Gasteiger partial charge >= 0.3 is 6.03 Å². The van der Waals surface area contributed by atoms with E-state index in [2.05, 4.69) is 25.7 Å². The lowest BCUT2D eigenvalue weighted by molar-refractivity contribution is 0.170. The molecule has 6 nitrogen and oxygen atoms in total. The maximum atomic E-state index is 13.0. The van der Waals surface area contributed by atoms with Crippen molar-refractivity contribution in [2.24, 2.45) is 11.7 Å². The molecule has 172 valence electrons. The zero-order valence-electron chi connectivity index (χ0n) is 18.8. The minimum Gasteiger partial charge on any atom is -0.404 e. The molecule has 1 saturated heterocycles. The maximum Gasteiger partial charge on any atom is 0.319 e. The maximum absolute atomic E-state index is 13.0. The largest absolute Gasteiger partial charge is 0.404 e. The van der Waals surface area contributed by atoms with Crippen molar-refractivity contribution < 1.29 is 4.79 Å². The van der Waals surface area contributed by atoms with Gasteiger partial charge < -0.3 is 20.9 Å². The van der Waals surface area contributed by atoms with Gasteiger partial charge in [0, 0.05) is 56.5 Å². The monoisotopic (exact) mass is 475 g/mol. The molecular weight excluding hydrogens is 445 g/mol. The minimum atomic E-state index is 0.00766. The van der Waals surface area contributed by atoms with Gasteiger partial charge in [-0.1, -0.05) is 42.8 Å². The number of allylic oxidation sites excluding steroid dienone is 3. The lowest BCUT2D eigenvalue weighted by Gasteiger charge is -2.27. The standard InChI is InChI=1S/C24H31Cl2N5O/c1-5-10-30(4)24(32)31-14-20(17(3)29-16(2)6-7-18(12-27)13-28)21(15-31)19-8-9-22(25)23(26)11-19/h6-9,11-12,17,20-21,29H,2,5,10,14-15,27H2,1,3-4H3/b7-6-,18-12+. The molecule has 8 heteroatoms. The summed E-state index contributed by atoms with van der Waals surface area (Å²) in [5.74, 6) is 0.207. The van der Waals surface area contributed by atoms with Crippen LogP contribution in [0, 0.1) is 17.2 Å². The topological polar surface area (TPSA) is 85.4 Å². The highest BCUT2D eigenvalue weighted by atomic mass is 35.5. The molecule has 1 aromatic rings. The van der Waals surface area contributed by atoms with Crippen LogP contribution in [0.2, 0.25) is 10.0 Å². The molecule has 2 rings (SSSR count). The van der Waals surface area contributed by atoms with Crippen LogP contribution < -0.4 is 11.1 Å². The van der Waals surface area contributed by atoms with E-state index in [1.807, 2.05) is 30.1 Å². The van der Waals surface area contributed by atoms with Crippen molar-refractivity contribution in [3.8, 4) is 6.07 Å². The minimum absolute atomic E-state index is 0.00766. The number of rotatable bonds is 8. The fraction of sp³-hybridized carbons (Fsp3) is 0.417. The number of likely N-dealkylation sites (tertiary alicyclic amines) is 1. The highest BCUT2D eigenvalue weighted by Crippen LogP contribution is 2.37. The molecule has 1 heterocycles. The molecule has 3 unspecified atom stereocenters. The van der Waals surface area contributed by atoms with E-state index in [1.54, 1.807) is 23.1 Å². The normalized spacial score (nSPS) is 19.6. The summed E-state index contributed by atoms with van der Waals surface area (Å²) in [6, 6.07) is 7.69. The third-order valence-corrected chi connectivity index (χ3v) is 6.46. The number of benzene rings is 1. The number of nitrogens with two attached hydrogens (primary N) is 1. The Morgan fingerprint density at radius 3 is 2.72 bits per heavy atom. The fourth-order valence-corrected chi connectivity index (χ4v) is 4.33. The Morgan fingerprint density at radius 1 is 1.41 bits per heavy atom. The summed E-state index contributed by atoms with van der Waals surface area (Å²) in [6.07, 6.45) is 5.49. The van der Waals surface area contributed by atoms with Crippen molar-refractivity contribution in [2.75, 3.05) is 26.7 Å². The fourth-order valence-electron chi connectivity index (χ4n) is 4.03. The van der Waals surface area contributed by atoms with Crippen molar-refractivity contribution in [1.29, 1.82) is 5.26 Å². The summed E-state index contributed by atoms with van der Waals surface area (Å²) in [6.45, 7) is 10.1. The van der Waals surface area contributed by atoms with E-state index in [0.29, 0.717) is 40.9 Å². The van der Waals surface area contributed by atoms with Crippen LogP contribution in [0.4, 0.5) is 4.79 Å². The van der Waals surface area contributed by atoms with Crippen LogP contribution in [0.15, 0.2) is 54.4 Å². The van der Waals surface area contributed by atoms with Gasteiger partial charge in [0.2, 0.25) is 0 Å². The first-order chi connectivity index (χ1) is 15.2. The molecule has 0 aliphatic carbocycles. The molecule has 0 aromatic heterocycles. The second-order valence-corrected chi connectivity index (χ2v) is 8.89. The third kappa shape index (κ3) is 6.44. The molecule has 3 N–H and O–H groups in total. The number of carbonyl (C=O) groups excluding carboxylic acids is 1. The zero-order chi connectivity index (χ0) is 23.8. The van der Waals surface area contributed by atoms with Gasteiger partial charge in [0.25, 0.3) is 0 Å². The van der Waals surface area contributed by atoms with E-state index in [9.17, 15) is 4.79 Å². The van der Waals surface area contributed by atoms with Crippen molar-refractivity contribution in [3.05, 3.63) is 70.0 Å². The number of urea groups is 1. The Morgan fingerprint density at radius 2 is 2.12 bits per heavy atom. The van der Waals surface area contributed by atoms with Crippen LogP contribution in [-0.2, 0) is 0 Å². The molecule has 1 aromatic carbocycles. The number of carbonyl (C=O) groups is 1. The van der Waals surface area contributed by atoms with Crippen molar-refractivity contribution in [1.82, 2.24) is 15.1 Å². The molecule has 1 aliphatic heterocycles.